The number of hydrogen-bond acceptors (Lipinski definition) is 6. The Kier molecular flexibility index (Phi) is 6.12. The summed E-state index contributed by atoms with van der Waals surface area (Å²) < 4.78 is 10.3. The molecule has 1 N–H and O–H groups in total. The van der Waals surface area contributed by atoms with Crippen LogP contribution in [0.15, 0.2) is 30.5 Å². The van der Waals surface area contributed by atoms with Gasteiger partial charge in [0.2, 0.25) is 0 Å². The summed E-state index contributed by atoms with van der Waals surface area (Å²) in [4.78, 5) is 20.6. The average Bonchev–Trinajstić information content (AvgIpc) is 2.60. The molecule has 2 aromatic rings. The van der Waals surface area contributed by atoms with Crippen LogP contribution in [0, 0.1) is 0 Å². The number of carbonyl (C=O) groups excluding carboxylic acids is 1. The van der Waals surface area contributed by atoms with Crippen LogP contribution in [-0.2, 0) is 11.3 Å². The Morgan fingerprint density at radius 2 is 2.04 bits per heavy atom. The summed E-state index contributed by atoms with van der Waals surface area (Å²) in [5.41, 5.74) is 1.98. The predicted octanol–water partition coefficient (Wildman–Crippen LogP) is 3.40. The highest BCUT2D eigenvalue weighted by Gasteiger charge is 2.16. The van der Waals surface area contributed by atoms with Gasteiger partial charge in [-0.05, 0) is 18.9 Å². The third kappa shape index (κ3) is 4.22. The van der Waals surface area contributed by atoms with Gasteiger partial charge in [-0.2, -0.15) is 0 Å². The van der Waals surface area contributed by atoms with Gasteiger partial charge in [0.15, 0.2) is 5.69 Å². The fraction of sp³-hybridized carbons (Fsp3) is 0.389. The van der Waals surface area contributed by atoms with Crippen molar-refractivity contribution in [1.82, 2.24) is 9.97 Å². The maximum Gasteiger partial charge on any atom is 0.358 e. The zero-order valence-corrected chi connectivity index (χ0v) is 14.5. The van der Waals surface area contributed by atoms with Crippen molar-refractivity contribution >= 4 is 11.8 Å². The van der Waals surface area contributed by atoms with Crippen molar-refractivity contribution in [3.05, 3.63) is 47.4 Å². The van der Waals surface area contributed by atoms with Crippen molar-refractivity contribution in [2.24, 2.45) is 0 Å². The highest BCUT2D eigenvalue weighted by atomic mass is 16.5. The first kappa shape index (κ1) is 17.7. The van der Waals surface area contributed by atoms with E-state index < -0.39 is 5.97 Å². The number of esters is 1. The molecular weight excluding hydrogens is 306 g/mol. The zero-order valence-electron chi connectivity index (χ0n) is 14.5. The molecule has 0 unspecified atom stereocenters. The van der Waals surface area contributed by atoms with Crippen LogP contribution in [0.4, 0.5) is 5.82 Å². The lowest BCUT2D eigenvalue weighted by molar-refractivity contribution is 0.0518. The Bertz CT molecular complexity index is 702. The highest BCUT2D eigenvalue weighted by molar-refractivity contribution is 5.87. The Morgan fingerprint density at radius 1 is 1.29 bits per heavy atom. The second-order valence-electron chi connectivity index (χ2n) is 5.53. The fourth-order valence-electron chi connectivity index (χ4n) is 2.27. The van der Waals surface area contributed by atoms with Crippen molar-refractivity contribution in [3.8, 4) is 5.75 Å². The second kappa shape index (κ2) is 8.29. The first-order valence-corrected chi connectivity index (χ1v) is 7.96. The lowest BCUT2D eigenvalue weighted by atomic mass is 10.1. The number of nitrogens with one attached hydrogen (secondary N) is 1. The molecule has 6 nitrogen and oxygen atoms in total. The molecule has 0 atom stereocenters. The first-order valence-electron chi connectivity index (χ1n) is 7.96. The molecule has 0 radical (unpaired) electrons. The van der Waals surface area contributed by atoms with Crippen LogP contribution in [0.25, 0.3) is 0 Å². The molecule has 128 valence electrons. The van der Waals surface area contributed by atoms with E-state index in [0.717, 1.165) is 17.0 Å². The minimum absolute atomic E-state index is 0.118. The number of benzene rings is 1. The lowest BCUT2D eigenvalue weighted by Gasteiger charge is -2.15. The number of ether oxygens (including phenoxy) is 2. The van der Waals surface area contributed by atoms with Crippen LogP contribution in [0.5, 0.6) is 5.75 Å². The maximum atomic E-state index is 11.8. The maximum absolute atomic E-state index is 11.8. The lowest BCUT2D eigenvalue weighted by Crippen LogP contribution is -2.13. The molecule has 24 heavy (non-hydrogen) atoms. The molecule has 6 heteroatoms. The van der Waals surface area contributed by atoms with E-state index in [1.54, 1.807) is 14.0 Å². The summed E-state index contributed by atoms with van der Waals surface area (Å²) in [6.07, 6.45) is 1.44. The molecule has 2 rings (SSSR count). The number of para-hydroxylation sites is 1. The van der Waals surface area contributed by atoms with Gasteiger partial charge in [0, 0.05) is 12.1 Å². The molecule has 0 bridgehead atoms. The molecule has 0 spiro atoms. The Balaban J connectivity index is 2.22. The van der Waals surface area contributed by atoms with E-state index in [4.69, 9.17) is 9.47 Å². The number of nitrogens with zero attached hydrogens (tertiary/aromatic N) is 2. The number of aromatic nitrogens is 2. The molecule has 0 amide bonds. The van der Waals surface area contributed by atoms with Crippen molar-refractivity contribution in [2.45, 2.75) is 33.2 Å². The number of rotatable bonds is 7. The number of carbonyl (C=O) groups is 1. The second-order valence-corrected chi connectivity index (χ2v) is 5.53. The molecular formula is C18H23N3O3. The van der Waals surface area contributed by atoms with Crippen molar-refractivity contribution in [2.75, 3.05) is 19.0 Å². The molecule has 0 aliphatic heterocycles. The van der Waals surface area contributed by atoms with E-state index in [1.165, 1.54) is 6.20 Å². The first-order chi connectivity index (χ1) is 11.6. The SMILES string of the molecule is CCOC(=O)c1cnc(NCc2ccccc2OC)c(C(C)C)n1. The van der Waals surface area contributed by atoms with E-state index in [0.29, 0.717) is 19.0 Å². The summed E-state index contributed by atoms with van der Waals surface area (Å²) in [5, 5.41) is 3.28. The Hall–Kier alpha value is -2.63. The standard InChI is InChI=1S/C18H23N3O3/c1-5-24-18(22)14-11-20-17(16(21-14)12(2)3)19-10-13-8-6-7-9-15(13)23-4/h6-9,11-12H,5,10H2,1-4H3,(H,19,20). The third-order valence-corrected chi connectivity index (χ3v) is 3.47. The van der Waals surface area contributed by atoms with Crippen LogP contribution < -0.4 is 10.1 Å². The molecule has 0 fully saturated rings. The fourth-order valence-corrected chi connectivity index (χ4v) is 2.27. The summed E-state index contributed by atoms with van der Waals surface area (Å²) in [6, 6.07) is 7.78. The van der Waals surface area contributed by atoms with Crippen LogP contribution >= 0.6 is 0 Å². The number of anilines is 1. The topological polar surface area (TPSA) is 73.3 Å². The summed E-state index contributed by atoms with van der Waals surface area (Å²) in [5.74, 6) is 1.13. The van der Waals surface area contributed by atoms with Gasteiger partial charge in [-0.15, -0.1) is 0 Å². The van der Waals surface area contributed by atoms with Gasteiger partial charge in [-0.1, -0.05) is 32.0 Å². The quantitative estimate of drug-likeness (QED) is 0.785. The molecule has 0 aliphatic rings. The van der Waals surface area contributed by atoms with Gasteiger partial charge in [0.1, 0.15) is 11.6 Å². The summed E-state index contributed by atoms with van der Waals surface area (Å²) >= 11 is 0. The van der Waals surface area contributed by atoms with Crippen LogP contribution in [0.3, 0.4) is 0 Å². The van der Waals surface area contributed by atoms with Gasteiger partial charge in [-0.25, -0.2) is 14.8 Å². The van der Waals surface area contributed by atoms with Gasteiger partial charge >= 0.3 is 5.97 Å². The highest BCUT2D eigenvalue weighted by Crippen LogP contribution is 2.23. The zero-order chi connectivity index (χ0) is 17.5. The number of methoxy groups -OCH3 is 1. The van der Waals surface area contributed by atoms with Gasteiger partial charge in [-0.3, -0.25) is 0 Å². The van der Waals surface area contributed by atoms with Crippen LogP contribution in [0.2, 0.25) is 0 Å². The Morgan fingerprint density at radius 3 is 2.71 bits per heavy atom. The number of hydrogen-bond donors (Lipinski definition) is 1. The largest absolute Gasteiger partial charge is 0.496 e. The van der Waals surface area contributed by atoms with Crippen molar-refractivity contribution in [1.29, 1.82) is 0 Å². The van der Waals surface area contributed by atoms with Gasteiger partial charge < -0.3 is 14.8 Å². The van der Waals surface area contributed by atoms with Crippen LogP contribution in [0.1, 0.15) is 48.4 Å². The molecule has 1 aromatic heterocycles. The van der Waals surface area contributed by atoms with Crippen molar-refractivity contribution < 1.29 is 14.3 Å². The summed E-state index contributed by atoms with van der Waals surface area (Å²) in [6.45, 7) is 6.64. The van der Waals surface area contributed by atoms with Crippen molar-refractivity contribution in [3.63, 3.8) is 0 Å². The van der Waals surface area contributed by atoms with Gasteiger partial charge in [0.25, 0.3) is 0 Å². The molecule has 1 heterocycles. The minimum Gasteiger partial charge on any atom is -0.496 e. The average molecular weight is 329 g/mol. The monoisotopic (exact) mass is 329 g/mol. The normalized spacial score (nSPS) is 10.5. The molecule has 0 saturated heterocycles. The molecule has 0 aliphatic carbocycles. The Labute approximate surface area is 142 Å². The van der Waals surface area contributed by atoms with E-state index >= 15 is 0 Å². The smallest absolute Gasteiger partial charge is 0.358 e. The predicted molar refractivity (Wildman–Crippen MR) is 92.4 cm³/mol. The molecule has 1 aromatic carbocycles. The van der Waals surface area contributed by atoms with E-state index in [1.807, 2.05) is 38.1 Å². The minimum atomic E-state index is -0.455. The van der Waals surface area contributed by atoms with E-state index in [-0.39, 0.29) is 11.6 Å². The van der Waals surface area contributed by atoms with E-state index in [2.05, 4.69) is 15.3 Å². The van der Waals surface area contributed by atoms with Gasteiger partial charge in [0.05, 0.1) is 25.6 Å². The van der Waals surface area contributed by atoms with E-state index in [9.17, 15) is 4.79 Å². The third-order valence-electron chi connectivity index (χ3n) is 3.47. The molecule has 0 saturated carbocycles. The van der Waals surface area contributed by atoms with Crippen LogP contribution in [-0.4, -0.2) is 29.7 Å². The summed E-state index contributed by atoms with van der Waals surface area (Å²) in [7, 11) is 1.65.